The molecule has 4 rings (SSSR count). The molecule has 0 saturated carbocycles. The molecule has 0 spiro atoms. The summed E-state index contributed by atoms with van der Waals surface area (Å²) in [6.07, 6.45) is -2.81. The van der Waals surface area contributed by atoms with Gasteiger partial charge in [0.15, 0.2) is 0 Å². The molecule has 0 saturated heterocycles. The number of halogens is 3. The molecular weight excluding hydrogens is 528 g/mol. The Balaban J connectivity index is 1.89. The number of anilines is 1. The first kappa shape index (κ1) is 24.0. The number of nitrogens with zero attached hydrogens (tertiary/aromatic N) is 3. The average Bonchev–Trinajstić information content (AvgIpc) is 3.31. The van der Waals surface area contributed by atoms with Crippen LogP contribution >= 0.6 is 27.3 Å². The van der Waals surface area contributed by atoms with E-state index in [1.54, 1.807) is 41.9 Å². The summed E-state index contributed by atoms with van der Waals surface area (Å²) in [4.78, 5) is 29.8. The smallest absolute Gasteiger partial charge is 0.280 e. The van der Waals surface area contributed by atoms with Gasteiger partial charge in [-0.15, -0.1) is 11.3 Å². The second kappa shape index (κ2) is 9.22. The van der Waals surface area contributed by atoms with E-state index in [1.807, 2.05) is 13.8 Å². The first-order valence-electron chi connectivity index (χ1n) is 10.2. The predicted octanol–water partition coefficient (Wildman–Crippen LogP) is 5.78. The summed E-state index contributed by atoms with van der Waals surface area (Å²) >= 11 is 4.32. The zero-order chi connectivity index (χ0) is 24.7. The molecule has 1 aromatic carbocycles. The molecule has 0 aliphatic heterocycles. The van der Waals surface area contributed by atoms with Crippen LogP contribution < -0.4 is 11.1 Å². The van der Waals surface area contributed by atoms with Crippen molar-refractivity contribution in [2.75, 3.05) is 5.32 Å². The van der Waals surface area contributed by atoms with Gasteiger partial charge in [0.2, 0.25) is 5.91 Å². The van der Waals surface area contributed by atoms with Crippen molar-refractivity contribution in [2.45, 2.75) is 33.2 Å². The Morgan fingerprint density at radius 1 is 1.21 bits per heavy atom. The first-order chi connectivity index (χ1) is 16.1. The molecule has 0 aliphatic carbocycles. The minimum absolute atomic E-state index is 0.0289. The van der Waals surface area contributed by atoms with E-state index in [0.29, 0.717) is 16.5 Å². The van der Waals surface area contributed by atoms with E-state index >= 15 is 0 Å². The van der Waals surface area contributed by atoms with Crippen molar-refractivity contribution in [1.29, 1.82) is 0 Å². The fraction of sp³-hybridized carbons (Fsp3) is 0.217. The topological polar surface area (TPSA) is 103 Å². The highest BCUT2D eigenvalue weighted by Crippen LogP contribution is 2.42. The zero-order valence-corrected chi connectivity index (χ0v) is 20.8. The van der Waals surface area contributed by atoms with E-state index < -0.39 is 30.0 Å². The Morgan fingerprint density at radius 2 is 1.88 bits per heavy atom. The normalized spacial score (nSPS) is 12.3. The van der Waals surface area contributed by atoms with E-state index in [2.05, 4.69) is 31.3 Å². The summed E-state index contributed by atoms with van der Waals surface area (Å²) in [6.45, 7) is 5.31. The number of rotatable bonds is 6. The lowest BCUT2D eigenvalue weighted by Gasteiger charge is -2.16. The number of fused-ring (bicyclic) bond motifs is 1. The van der Waals surface area contributed by atoms with Crippen LogP contribution in [0, 0.1) is 13.8 Å². The number of nitrogens with two attached hydrogens (primary N) is 1. The summed E-state index contributed by atoms with van der Waals surface area (Å²) in [6, 6.07) is 9.40. The van der Waals surface area contributed by atoms with E-state index in [1.165, 1.54) is 6.07 Å². The third-order valence-corrected chi connectivity index (χ3v) is 7.69. The van der Waals surface area contributed by atoms with E-state index in [0.717, 1.165) is 27.2 Å². The maximum Gasteiger partial charge on any atom is 0.280 e. The number of hydrogen-bond acceptors (Lipinski definition) is 5. The molecule has 0 bridgehead atoms. The molecule has 1 atom stereocenters. The van der Waals surface area contributed by atoms with Crippen LogP contribution in [0.1, 0.15) is 46.1 Å². The maximum absolute atomic E-state index is 13.6. The lowest BCUT2D eigenvalue weighted by Crippen LogP contribution is -2.26. The number of carbonyl (C=O) groups is 2. The lowest BCUT2D eigenvalue weighted by atomic mass is 10.0. The van der Waals surface area contributed by atoms with Crippen molar-refractivity contribution < 1.29 is 18.4 Å². The summed E-state index contributed by atoms with van der Waals surface area (Å²) < 4.78 is 29.6. The molecule has 4 aromatic rings. The molecule has 11 heteroatoms. The number of amides is 2. The van der Waals surface area contributed by atoms with Crippen LogP contribution in [0.5, 0.6) is 0 Å². The fourth-order valence-corrected chi connectivity index (χ4v) is 5.00. The number of primary amides is 1. The number of nitrogens with one attached hydrogen (secondary N) is 1. The van der Waals surface area contributed by atoms with Crippen molar-refractivity contribution in [3.8, 4) is 11.1 Å². The van der Waals surface area contributed by atoms with Crippen LogP contribution in [0.15, 0.2) is 40.9 Å². The van der Waals surface area contributed by atoms with Gasteiger partial charge < -0.3 is 11.1 Å². The number of alkyl halides is 2. The largest absolute Gasteiger partial charge is 0.365 e. The van der Waals surface area contributed by atoms with Crippen molar-refractivity contribution in [1.82, 2.24) is 14.8 Å². The van der Waals surface area contributed by atoms with Gasteiger partial charge in [0.1, 0.15) is 21.4 Å². The van der Waals surface area contributed by atoms with Crippen molar-refractivity contribution in [2.24, 2.45) is 5.73 Å². The average molecular weight is 548 g/mol. The van der Waals surface area contributed by atoms with Crippen molar-refractivity contribution >= 4 is 55.0 Å². The van der Waals surface area contributed by atoms with Crippen LogP contribution in [0.3, 0.4) is 0 Å². The monoisotopic (exact) mass is 547 g/mol. The van der Waals surface area contributed by atoms with Gasteiger partial charge in [-0.3, -0.25) is 14.3 Å². The Morgan fingerprint density at radius 3 is 2.44 bits per heavy atom. The molecule has 1 unspecified atom stereocenters. The molecule has 0 radical (unpaired) electrons. The first-order valence-corrected chi connectivity index (χ1v) is 11.8. The predicted molar refractivity (Wildman–Crippen MR) is 131 cm³/mol. The highest BCUT2D eigenvalue weighted by atomic mass is 79.9. The van der Waals surface area contributed by atoms with Crippen LogP contribution in [-0.2, 0) is 4.79 Å². The van der Waals surface area contributed by atoms with Gasteiger partial charge in [-0.25, -0.2) is 13.8 Å². The maximum atomic E-state index is 13.6. The fourth-order valence-electron chi connectivity index (χ4n) is 3.73. The van der Waals surface area contributed by atoms with Gasteiger partial charge >= 0.3 is 0 Å². The Kier molecular flexibility index (Phi) is 6.50. The number of carbonyl (C=O) groups excluding carboxylic acids is 2. The van der Waals surface area contributed by atoms with Gasteiger partial charge in [-0.2, -0.15) is 5.10 Å². The third kappa shape index (κ3) is 4.21. The quantitative estimate of drug-likeness (QED) is 0.319. The molecule has 0 fully saturated rings. The highest BCUT2D eigenvalue weighted by Gasteiger charge is 2.27. The summed E-state index contributed by atoms with van der Waals surface area (Å²) in [5, 5.41) is 7.57. The van der Waals surface area contributed by atoms with Crippen LogP contribution in [0.4, 0.5) is 14.5 Å². The molecule has 3 N–H and O–H groups in total. The molecule has 0 aliphatic rings. The van der Waals surface area contributed by atoms with Gasteiger partial charge in [0, 0.05) is 5.39 Å². The lowest BCUT2D eigenvalue weighted by molar-refractivity contribution is -0.119. The second-order valence-electron chi connectivity index (χ2n) is 7.71. The Bertz CT molecular complexity index is 1420. The highest BCUT2D eigenvalue weighted by molar-refractivity contribution is 9.10. The van der Waals surface area contributed by atoms with Gasteiger partial charge in [-0.05, 0) is 53.9 Å². The van der Waals surface area contributed by atoms with Crippen LogP contribution in [0.2, 0.25) is 0 Å². The van der Waals surface area contributed by atoms with Crippen molar-refractivity contribution in [3.63, 3.8) is 0 Å². The van der Waals surface area contributed by atoms with Gasteiger partial charge in [0.25, 0.3) is 12.3 Å². The van der Waals surface area contributed by atoms with E-state index in [9.17, 15) is 18.4 Å². The molecule has 176 valence electrons. The van der Waals surface area contributed by atoms with Crippen molar-refractivity contribution in [3.05, 3.63) is 62.8 Å². The summed E-state index contributed by atoms with van der Waals surface area (Å²) in [5.41, 5.74) is 7.86. The van der Waals surface area contributed by atoms with Crippen LogP contribution in [0.25, 0.3) is 21.3 Å². The van der Waals surface area contributed by atoms with E-state index in [4.69, 9.17) is 5.73 Å². The van der Waals surface area contributed by atoms with Gasteiger partial charge in [0.05, 0.1) is 21.5 Å². The molecule has 2 amide bonds. The summed E-state index contributed by atoms with van der Waals surface area (Å²) in [5.74, 6) is -1.24. The standard InChI is InChI=1S/C23H20BrF2N5O2S/c1-10-17(24)11(2)31(30-10)12(3)22(33)29-18-16-14(13-7-5-4-6-8-13)9-15(20(25)26)28-23(16)34-19(18)21(27)32/h4-9,12,20H,1-3H3,(H2,27,32)(H,29,33). The number of benzene rings is 1. The molecule has 34 heavy (non-hydrogen) atoms. The zero-order valence-electron chi connectivity index (χ0n) is 18.4. The minimum atomic E-state index is -2.81. The molecule has 3 aromatic heterocycles. The molecule has 3 heterocycles. The third-order valence-electron chi connectivity index (χ3n) is 5.45. The Hall–Kier alpha value is -3.18. The number of aryl methyl sites for hydroxylation is 1. The minimum Gasteiger partial charge on any atom is -0.365 e. The number of pyridine rings is 1. The van der Waals surface area contributed by atoms with Crippen LogP contribution in [-0.4, -0.2) is 26.6 Å². The SMILES string of the molecule is Cc1nn(C(C)C(=O)Nc2c(C(N)=O)sc3nc(C(F)F)cc(-c4ccccc4)c23)c(C)c1Br. The second-order valence-corrected chi connectivity index (χ2v) is 9.50. The van der Waals surface area contributed by atoms with Gasteiger partial charge in [-0.1, -0.05) is 30.3 Å². The summed E-state index contributed by atoms with van der Waals surface area (Å²) in [7, 11) is 0. The molecule has 7 nitrogen and oxygen atoms in total. The number of hydrogen-bond donors (Lipinski definition) is 2. The van der Waals surface area contributed by atoms with E-state index in [-0.39, 0.29) is 15.4 Å². The molecular formula is C23H20BrF2N5O2S. The number of thiophene rings is 1. The Labute approximate surface area is 206 Å². The number of aromatic nitrogens is 3.